The lowest BCUT2D eigenvalue weighted by molar-refractivity contribution is 0.689. The van der Waals surface area contributed by atoms with Gasteiger partial charge in [-0.15, -0.1) is 0 Å². The zero-order valence-electron chi connectivity index (χ0n) is 9.78. The van der Waals surface area contributed by atoms with Crippen LogP contribution in [0.1, 0.15) is 65.2 Å². The van der Waals surface area contributed by atoms with Crippen LogP contribution in [0, 0.1) is 0 Å². The van der Waals surface area contributed by atoms with E-state index in [0.29, 0.717) is 9.52 Å². The zero-order chi connectivity index (χ0) is 9.78. The van der Waals surface area contributed by atoms with Crippen LogP contribution in [0.2, 0.25) is 12.1 Å². The third kappa shape index (κ3) is 12.2. The van der Waals surface area contributed by atoms with Crippen molar-refractivity contribution < 1.29 is 0 Å². The van der Waals surface area contributed by atoms with Crippen molar-refractivity contribution in [2.75, 3.05) is 0 Å². The first-order chi connectivity index (χ1) is 6.41. The molecule has 0 bridgehead atoms. The van der Waals surface area contributed by atoms with E-state index in [1.165, 1.54) is 51.4 Å². The van der Waals surface area contributed by atoms with Gasteiger partial charge in [-0.2, -0.15) is 0 Å². The molecule has 0 unspecified atom stereocenters. The van der Waals surface area contributed by atoms with Crippen molar-refractivity contribution in [3.05, 3.63) is 0 Å². The van der Waals surface area contributed by atoms with Gasteiger partial charge in [0.05, 0.1) is 0 Å². The Kier molecular flexibility index (Phi) is 12.4. The van der Waals surface area contributed by atoms with Crippen LogP contribution >= 0.6 is 0 Å². The average molecular weight is 200 g/mol. The van der Waals surface area contributed by atoms with Crippen molar-refractivity contribution >= 4 is 9.52 Å². The maximum absolute atomic E-state index is 2.29. The molecule has 0 aromatic heterocycles. The van der Waals surface area contributed by atoms with Crippen LogP contribution in [-0.4, -0.2) is 9.52 Å². The van der Waals surface area contributed by atoms with Gasteiger partial charge >= 0.3 is 0 Å². The number of hydrogen-bond acceptors (Lipinski definition) is 0. The first-order valence-electron chi connectivity index (χ1n) is 6.41. The molecule has 13 heavy (non-hydrogen) atoms. The highest BCUT2D eigenvalue weighted by Crippen LogP contribution is 2.06. The lowest BCUT2D eigenvalue weighted by Crippen LogP contribution is -1.89. The predicted octanol–water partition coefficient (Wildman–Crippen LogP) is 4.15. The summed E-state index contributed by atoms with van der Waals surface area (Å²) in [6.07, 6.45) is 11.8. The van der Waals surface area contributed by atoms with E-state index in [0.717, 1.165) is 0 Å². The second kappa shape index (κ2) is 12.2. The molecule has 0 radical (unpaired) electrons. The van der Waals surface area contributed by atoms with Crippen LogP contribution in [-0.2, 0) is 0 Å². The van der Waals surface area contributed by atoms with Crippen LogP contribution in [0.5, 0.6) is 0 Å². The SMILES string of the molecule is CCCCCC[SiH2]CCCCCC. The molecule has 0 spiro atoms. The van der Waals surface area contributed by atoms with Crippen LogP contribution in [0.3, 0.4) is 0 Å². The van der Waals surface area contributed by atoms with Crippen LogP contribution in [0.4, 0.5) is 0 Å². The van der Waals surface area contributed by atoms with Crippen LogP contribution < -0.4 is 0 Å². The lowest BCUT2D eigenvalue weighted by Gasteiger charge is -2.00. The van der Waals surface area contributed by atoms with Gasteiger partial charge < -0.3 is 0 Å². The summed E-state index contributed by atoms with van der Waals surface area (Å²) < 4.78 is 0. The summed E-state index contributed by atoms with van der Waals surface area (Å²) in [4.78, 5) is 0. The molecule has 0 saturated carbocycles. The van der Waals surface area contributed by atoms with Gasteiger partial charge in [0, 0.05) is 9.52 Å². The Hall–Kier alpha value is 0.217. The molecule has 0 aliphatic rings. The molecular formula is C12H28Si. The number of rotatable bonds is 10. The summed E-state index contributed by atoms with van der Waals surface area (Å²) in [5.41, 5.74) is 0. The second-order valence-corrected chi connectivity index (χ2v) is 6.30. The minimum Gasteiger partial charge on any atom is -0.0654 e. The van der Waals surface area contributed by atoms with Crippen molar-refractivity contribution in [2.24, 2.45) is 0 Å². The molecule has 0 aromatic carbocycles. The fraction of sp³-hybridized carbons (Fsp3) is 1.00. The summed E-state index contributed by atoms with van der Waals surface area (Å²) in [7, 11) is 0.355. The molecule has 0 heterocycles. The van der Waals surface area contributed by atoms with Gasteiger partial charge in [-0.3, -0.25) is 0 Å². The molecule has 0 aliphatic heterocycles. The van der Waals surface area contributed by atoms with E-state index in [1.54, 1.807) is 12.1 Å². The Bertz CT molecular complexity index is 71.2. The first-order valence-corrected chi connectivity index (χ1v) is 8.41. The molecular weight excluding hydrogens is 172 g/mol. The minimum absolute atomic E-state index is 0.355. The molecule has 0 atom stereocenters. The molecule has 80 valence electrons. The monoisotopic (exact) mass is 200 g/mol. The van der Waals surface area contributed by atoms with E-state index in [4.69, 9.17) is 0 Å². The Labute approximate surface area is 87.3 Å². The van der Waals surface area contributed by atoms with Gasteiger partial charge in [-0.05, 0) is 0 Å². The Morgan fingerprint density at radius 2 is 1.08 bits per heavy atom. The minimum atomic E-state index is 0.355. The van der Waals surface area contributed by atoms with Gasteiger partial charge in [-0.1, -0.05) is 77.3 Å². The summed E-state index contributed by atoms with van der Waals surface area (Å²) in [6, 6.07) is 3.23. The van der Waals surface area contributed by atoms with Gasteiger partial charge in [-0.25, -0.2) is 0 Å². The second-order valence-electron chi connectivity index (χ2n) is 4.18. The molecule has 0 fully saturated rings. The normalized spacial score (nSPS) is 10.6. The molecule has 0 rings (SSSR count). The van der Waals surface area contributed by atoms with Crippen LogP contribution in [0.15, 0.2) is 0 Å². The van der Waals surface area contributed by atoms with E-state index in [9.17, 15) is 0 Å². The van der Waals surface area contributed by atoms with Gasteiger partial charge in [0.25, 0.3) is 0 Å². The topological polar surface area (TPSA) is 0 Å². The van der Waals surface area contributed by atoms with Gasteiger partial charge in [0.2, 0.25) is 0 Å². The fourth-order valence-corrected chi connectivity index (χ4v) is 3.51. The molecule has 1 heteroatoms. The Morgan fingerprint density at radius 3 is 1.46 bits per heavy atom. The van der Waals surface area contributed by atoms with Crippen molar-refractivity contribution in [1.29, 1.82) is 0 Å². The van der Waals surface area contributed by atoms with E-state index in [1.807, 2.05) is 0 Å². The smallest absolute Gasteiger partial charge is 0.0197 e. The summed E-state index contributed by atoms with van der Waals surface area (Å²) in [5.74, 6) is 0. The van der Waals surface area contributed by atoms with Gasteiger partial charge in [0.1, 0.15) is 0 Å². The third-order valence-electron chi connectivity index (χ3n) is 2.71. The predicted molar refractivity (Wildman–Crippen MR) is 66.4 cm³/mol. The van der Waals surface area contributed by atoms with E-state index in [2.05, 4.69) is 13.8 Å². The van der Waals surface area contributed by atoms with E-state index < -0.39 is 0 Å². The quantitative estimate of drug-likeness (QED) is 0.367. The maximum Gasteiger partial charge on any atom is 0.0197 e. The highest BCUT2D eigenvalue weighted by atomic mass is 28.2. The number of hydrogen-bond donors (Lipinski definition) is 0. The largest absolute Gasteiger partial charge is 0.0654 e. The average Bonchev–Trinajstić information content (AvgIpc) is 2.16. The maximum atomic E-state index is 2.29. The van der Waals surface area contributed by atoms with Crippen molar-refractivity contribution in [3.63, 3.8) is 0 Å². The van der Waals surface area contributed by atoms with E-state index in [-0.39, 0.29) is 0 Å². The Morgan fingerprint density at radius 1 is 0.615 bits per heavy atom. The molecule has 0 amide bonds. The number of unbranched alkanes of at least 4 members (excludes halogenated alkanes) is 6. The first kappa shape index (κ1) is 13.2. The Balaban J connectivity index is 2.76. The fourth-order valence-electron chi connectivity index (χ4n) is 1.74. The third-order valence-corrected chi connectivity index (χ3v) is 4.71. The lowest BCUT2D eigenvalue weighted by atomic mass is 10.2. The van der Waals surface area contributed by atoms with Crippen LogP contribution in [0.25, 0.3) is 0 Å². The molecule has 0 saturated heterocycles. The molecule has 0 N–H and O–H groups in total. The highest BCUT2D eigenvalue weighted by molar-refractivity contribution is 6.35. The van der Waals surface area contributed by atoms with E-state index >= 15 is 0 Å². The highest BCUT2D eigenvalue weighted by Gasteiger charge is 1.91. The summed E-state index contributed by atoms with van der Waals surface area (Å²) >= 11 is 0. The molecule has 0 nitrogen and oxygen atoms in total. The van der Waals surface area contributed by atoms with Crippen molar-refractivity contribution in [3.8, 4) is 0 Å². The molecule has 0 aliphatic carbocycles. The standard InChI is InChI=1S/C12H28Si/c1-3-5-7-9-11-13-12-10-8-6-4-2/h3-13H2,1-2H3. The summed E-state index contributed by atoms with van der Waals surface area (Å²) in [5, 5.41) is 0. The molecule has 0 aromatic rings. The summed E-state index contributed by atoms with van der Waals surface area (Å²) in [6.45, 7) is 4.59. The van der Waals surface area contributed by atoms with Gasteiger partial charge in [0.15, 0.2) is 0 Å². The zero-order valence-corrected chi connectivity index (χ0v) is 11.2. The van der Waals surface area contributed by atoms with Crippen molar-refractivity contribution in [2.45, 2.75) is 77.3 Å². The van der Waals surface area contributed by atoms with Crippen molar-refractivity contribution in [1.82, 2.24) is 0 Å².